The number of rotatable bonds is 8. The van der Waals surface area contributed by atoms with Gasteiger partial charge in [-0.2, -0.15) is 0 Å². The minimum absolute atomic E-state index is 0.0275. The number of amides is 2. The Morgan fingerprint density at radius 1 is 1.14 bits per heavy atom. The maximum atomic E-state index is 12.9. The monoisotopic (exact) mass is 426 g/mol. The van der Waals surface area contributed by atoms with Gasteiger partial charge in [0, 0.05) is 46.0 Å². The Morgan fingerprint density at radius 3 is 2.31 bits per heavy atom. The minimum Gasteiger partial charge on any atom is -0.378 e. The standard InChI is InChI=1S/C19H30N4O5S/c1-5-22(6-2)18(24)14-20-19(25)16-13-15(29(26,27)21(3)4)7-8-17(16)23-9-11-28-12-10-23/h7-8,13H,5-6,9-12,14H2,1-4H3,(H,20,25). The number of nitrogens with zero attached hydrogens (tertiary/aromatic N) is 3. The minimum atomic E-state index is -3.70. The zero-order valence-electron chi connectivity index (χ0n) is 17.5. The van der Waals surface area contributed by atoms with Crippen LogP contribution >= 0.6 is 0 Å². The number of ether oxygens (including phenoxy) is 1. The Labute approximate surface area is 172 Å². The molecule has 10 heteroatoms. The zero-order chi connectivity index (χ0) is 21.6. The number of carbonyl (C=O) groups is 2. The predicted octanol–water partition coefficient (Wildman–Crippen LogP) is 0.372. The molecule has 0 unspecified atom stereocenters. The SMILES string of the molecule is CCN(CC)C(=O)CNC(=O)c1cc(S(=O)(=O)N(C)C)ccc1N1CCOCC1. The number of hydrogen-bond acceptors (Lipinski definition) is 6. The van der Waals surface area contributed by atoms with Crippen molar-refractivity contribution < 1.29 is 22.7 Å². The van der Waals surface area contributed by atoms with Crippen LogP contribution in [0.25, 0.3) is 0 Å². The van der Waals surface area contributed by atoms with Crippen LogP contribution in [0, 0.1) is 0 Å². The predicted molar refractivity (Wildman–Crippen MR) is 111 cm³/mol. The van der Waals surface area contributed by atoms with E-state index in [4.69, 9.17) is 4.74 Å². The summed E-state index contributed by atoms with van der Waals surface area (Å²) < 4.78 is 31.5. The second-order valence-corrected chi connectivity index (χ2v) is 8.97. The van der Waals surface area contributed by atoms with Crippen molar-refractivity contribution >= 4 is 27.5 Å². The Balaban J connectivity index is 2.34. The molecule has 1 aliphatic heterocycles. The highest BCUT2D eigenvalue weighted by Crippen LogP contribution is 2.26. The molecule has 0 aliphatic carbocycles. The van der Waals surface area contributed by atoms with E-state index < -0.39 is 15.9 Å². The molecule has 0 radical (unpaired) electrons. The smallest absolute Gasteiger partial charge is 0.253 e. The molecule has 0 saturated carbocycles. The van der Waals surface area contributed by atoms with Crippen LogP contribution in [0.1, 0.15) is 24.2 Å². The van der Waals surface area contributed by atoms with E-state index in [0.717, 1.165) is 4.31 Å². The van der Waals surface area contributed by atoms with Crippen LogP contribution in [0.5, 0.6) is 0 Å². The van der Waals surface area contributed by atoms with Gasteiger partial charge in [0.25, 0.3) is 5.91 Å². The lowest BCUT2D eigenvalue weighted by molar-refractivity contribution is -0.129. The average Bonchev–Trinajstić information content (AvgIpc) is 2.72. The van der Waals surface area contributed by atoms with Crippen LogP contribution in [-0.2, 0) is 19.6 Å². The van der Waals surface area contributed by atoms with Gasteiger partial charge in [0.15, 0.2) is 0 Å². The molecule has 1 saturated heterocycles. The lowest BCUT2D eigenvalue weighted by Gasteiger charge is -2.30. The van der Waals surface area contributed by atoms with Crippen molar-refractivity contribution in [3.05, 3.63) is 23.8 Å². The fourth-order valence-electron chi connectivity index (χ4n) is 3.09. The summed E-state index contributed by atoms with van der Waals surface area (Å²) in [4.78, 5) is 28.8. The number of benzene rings is 1. The molecule has 1 heterocycles. The number of morpholine rings is 1. The van der Waals surface area contributed by atoms with Crippen molar-refractivity contribution in [3.8, 4) is 0 Å². The summed E-state index contributed by atoms with van der Waals surface area (Å²) in [6, 6.07) is 4.51. The van der Waals surface area contributed by atoms with E-state index in [-0.39, 0.29) is 22.9 Å². The number of likely N-dealkylation sites (N-methyl/N-ethyl adjacent to an activating group) is 1. The third-order valence-electron chi connectivity index (χ3n) is 4.86. The van der Waals surface area contributed by atoms with Gasteiger partial charge in [-0.15, -0.1) is 0 Å². The second kappa shape index (κ2) is 10.0. The molecule has 1 N–H and O–H groups in total. The maximum Gasteiger partial charge on any atom is 0.253 e. The van der Waals surface area contributed by atoms with E-state index in [1.807, 2.05) is 18.7 Å². The van der Waals surface area contributed by atoms with Crippen molar-refractivity contribution in [2.24, 2.45) is 0 Å². The zero-order valence-corrected chi connectivity index (χ0v) is 18.3. The molecule has 1 aromatic carbocycles. The van der Waals surface area contributed by atoms with Gasteiger partial charge in [-0.05, 0) is 32.0 Å². The molecule has 29 heavy (non-hydrogen) atoms. The van der Waals surface area contributed by atoms with Crippen LogP contribution in [0.2, 0.25) is 0 Å². The topological polar surface area (TPSA) is 99.3 Å². The average molecular weight is 427 g/mol. The number of carbonyl (C=O) groups excluding carboxylic acids is 2. The van der Waals surface area contributed by atoms with Crippen molar-refractivity contribution in [3.63, 3.8) is 0 Å². The van der Waals surface area contributed by atoms with Gasteiger partial charge in [0.1, 0.15) is 0 Å². The Hall–Kier alpha value is -2.17. The molecule has 2 amide bonds. The number of sulfonamides is 1. The Morgan fingerprint density at radius 2 is 1.76 bits per heavy atom. The van der Waals surface area contributed by atoms with E-state index in [1.54, 1.807) is 11.0 Å². The fourth-order valence-corrected chi connectivity index (χ4v) is 4.02. The normalized spacial score (nSPS) is 14.7. The molecular weight excluding hydrogens is 396 g/mol. The molecule has 1 fully saturated rings. The molecule has 1 aliphatic rings. The van der Waals surface area contributed by atoms with Gasteiger partial charge < -0.3 is 19.9 Å². The Kier molecular flexibility index (Phi) is 8.00. The first-order chi connectivity index (χ1) is 13.7. The summed E-state index contributed by atoms with van der Waals surface area (Å²) in [7, 11) is -0.822. The van der Waals surface area contributed by atoms with Crippen LogP contribution in [0.15, 0.2) is 23.1 Å². The first-order valence-corrected chi connectivity index (χ1v) is 11.1. The molecule has 0 bridgehead atoms. The summed E-state index contributed by atoms with van der Waals surface area (Å²) in [5, 5.41) is 2.64. The van der Waals surface area contributed by atoms with E-state index >= 15 is 0 Å². The quantitative estimate of drug-likeness (QED) is 0.645. The summed E-state index contributed by atoms with van der Waals surface area (Å²) >= 11 is 0. The highest BCUT2D eigenvalue weighted by Gasteiger charge is 2.24. The van der Waals surface area contributed by atoms with E-state index in [9.17, 15) is 18.0 Å². The van der Waals surface area contributed by atoms with E-state index in [0.29, 0.717) is 45.1 Å². The Bertz CT molecular complexity index is 831. The van der Waals surface area contributed by atoms with Crippen LogP contribution in [0.4, 0.5) is 5.69 Å². The van der Waals surface area contributed by atoms with Crippen molar-refractivity contribution in [2.45, 2.75) is 18.7 Å². The van der Waals surface area contributed by atoms with Crippen molar-refractivity contribution in [2.75, 3.05) is 64.9 Å². The third-order valence-corrected chi connectivity index (χ3v) is 6.67. The molecule has 162 valence electrons. The van der Waals surface area contributed by atoms with Gasteiger partial charge in [0.2, 0.25) is 15.9 Å². The summed E-state index contributed by atoms with van der Waals surface area (Å²) in [5.41, 5.74) is 0.848. The highest BCUT2D eigenvalue weighted by molar-refractivity contribution is 7.89. The third kappa shape index (κ3) is 5.46. The maximum absolute atomic E-state index is 12.9. The number of hydrogen-bond donors (Lipinski definition) is 1. The van der Waals surface area contributed by atoms with E-state index in [2.05, 4.69) is 5.32 Å². The molecule has 9 nitrogen and oxygen atoms in total. The van der Waals surface area contributed by atoms with Gasteiger partial charge in [-0.1, -0.05) is 0 Å². The van der Waals surface area contributed by atoms with Crippen molar-refractivity contribution in [1.29, 1.82) is 0 Å². The summed E-state index contributed by atoms with van der Waals surface area (Å²) in [6.45, 7) is 6.95. The van der Waals surface area contributed by atoms with Gasteiger partial charge in [-0.25, -0.2) is 12.7 Å². The molecule has 2 rings (SSSR count). The largest absolute Gasteiger partial charge is 0.378 e. The van der Waals surface area contributed by atoms with Gasteiger partial charge in [0.05, 0.1) is 30.2 Å². The van der Waals surface area contributed by atoms with Crippen LogP contribution in [-0.4, -0.2) is 89.5 Å². The number of nitrogens with one attached hydrogen (secondary N) is 1. The van der Waals surface area contributed by atoms with Crippen LogP contribution < -0.4 is 10.2 Å². The lowest BCUT2D eigenvalue weighted by atomic mass is 10.1. The summed E-state index contributed by atoms with van der Waals surface area (Å²) in [5.74, 6) is -0.670. The number of anilines is 1. The van der Waals surface area contributed by atoms with Gasteiger partial charge >= 0.3 is 0 Å². The van der Waals surface area contributed by atoms with Crippen molar-refractivity contribution in [1.82, 2.24) is 14.5 Å². The molecule has 0 spiro atoms. The van der Waals surface area contributed by atoms with Crippen LogP contribution in [0.3, 0.4) is 0 Å². The first-order valence-electron chi connectivity index (χ1n) is 9.67. The lowest BCUT2D eigenvalue weighted by Crippen LogP contribution is -2.41. The molecule has 0 aromatic heterocycles. The van der Waals surface area contributed by atoms with Gasteiger partial charge in [-0.3, -0.25) is 9.59 Å². The highest BCUT2D eigenvalue weighted by atomic mass is 32.2. The fraction of sp³-hybridized carbons (Fsp3) is 0.579. The summed E-state index contributed by atoms with van der Waals surface area (Å²) in [6.07, 6.45) is 0. The second-order valence-electron chi connectivity index (χ2n) is 6.81. The molecular formula is C19H30N4O5S. The first kappa shape index (κ1) is 23.1. The molecule has 1 aromatic rings. The van der Waals surface area contributed by atoms with E-state index in [1.165, 1.54) is 26.2 Å². The molecule has 0 atom stereocenters.